The molecule has 2 heterocycles. The summed E-state index contributed by atoms with van der Waals surface area (Å²) >= 11 is 3.32. The van der Waals surface area contributed by atoms with Crippen LogP contribution in [-0.4, -0.2) is 25.0 Å². The molecule has 3 aromatic rings. The first-order valence-electron chi connectivity index (χ1n) is 8.58. The zero-order valence-electron chi connectivity index (χ0n) is 14.8. The van der Waals surface area contributed by atoms with E-state index in [2.05, 4.69) is 21.2 Å². The van der Waals surface area contributed by atoms with Gasteiger partial charge in [0.25, 0.3) is 11.8 Å². The zero-order chi connectivity index (χ0) is 19.8. The quantitative estimate of drug-likeness (QED) is 0.669. The van der Waals surface area contributed by atoms with Crippen molar-refractivity contribution in [2.75, 3.05) is 23.4 Å². The van der Waals surface area contributed by atoms with Gasteiger partial charge in [0.1, 0.15) is 11.3 Å². The van der Waals surface area contributed by atoms with Gasteiger partial charge in [-0.1, -0.05) is 15.9 Å². The van der Waals surface area contributed by atoms with E-state index in [9.17, 15) is 14.4 Å². The number of carbonyl (C=O) groups is 2. The van der Waals surface area contributed by atoms with Crippen LogP contribution >= 0.6 is 15.9 Å². The van der Waals surface area contributed by atoms with Crippen molar-refractivity contribution in [1.29, 1.82) is 0 Å². The monoisotopic (exact) mass is 442 g/mol. The molecule has 8 heteroatoms. The lowest BCUT2D eigenvalue weighted by Crippen LogP contribution is -2.38. The third kappa shape index (κ3) is 3.27. The van der Waals surface area contributed by atoms with Crippen LogP contribution in [0, 0.1) is 0 Å². The second kappa shape index (κ2) is 7.12. The molecule has 0 bridgehead atoms. The average Bonchev–Trinajstić information content (AvgIpc) is 2.67. The molecule has 1 aromatic heterocycles. The second-order valence-corrected chi connectivity index (χ2v) is 7.09. The molecule has 0 unspecified atom stereocenters. The number of hydrogen-bond donors (Lipinski definition) is 1. The number of benzene rings is 2. The van der Waals surface area contributed by atoms with Gasteiger partial charge < -0.3 is 19.4 Å². The first-order valence-corrected chi connectivity index (χ1v) is 9.37. The summed E-state index contributed by atoms with van der Waals surface area (Å²) in [6, 6.07) is 11.2. The Bertz CT molecular complexity index is 1170. The highest BCUT2D eigenvalue weighted by molar-refractivity contribution is 9.10. The number of hydrogen-bond acceptors (Lipinski definition) is 5. The number of ether oxygens (including phenoxy) is 1. The van der Waals surface area contributed by atoms with E-state index in [-0.39, 0.29) is 23.7 Å². The Morgan fingerprint density at radius 2 is 2.00 bits per heavy atom. The third-order valence-corrected chi connectivity index (χ3v) is 4.88. The van der Waals surface area contributed by atoms with Crippen molar-refractivity contribution in [3.63, 3.8) is 0 Å². The van der Waals surface area contributed by atoms with Gasteiger partial charge in [0, 0.05) is 22.8 Å². The molecule has 0 aliphatic carbocycles. The van der Waals surface area contributed by atoms with E-state index in [1.165, 1.54) is 0 Å². The molecule has 0 saturated heterocycles. The van der Waals surface area contributed by atoms with Crippen molar-refractivity contribution in [3.05, 3.63) is 62.9 Å². The SMILES string of the molecule is CCN1C(=O)COc2ccc(NC(=O)c3cc(=O)c4ccc(Br)cc4o3)cc21. The van der Waals surface area contributed by atoms with Gasteiger partial charge in [0.05, 0.1) is 11.1 Å². The van der Waals surface area contributed by atoms with Crippen LogP contribution in [0.3, 0.4) is 0 Å². The molecule has 0 saturated carbocycles. The molecule has 2 aromatic carbocycles. The lowest BCUT2D eigenvalue weighted by Gasteiger charge is -2.28. The van der Waals surface area contributed by atoms with E-state index < -0.39 is 5.91 Å². The molecule has 1 aliphatic heterocycles. The molecule has 4 rings (SSSR count). The minimum Gasteiger partial charge on any atom is -0.482 e. The molecule has 28 heavy (non-hydrogen) atoms. The second-order valence-electron chi connectivity index (χ2n) is 6.18. The van der Waals surface area contributed by atoms with Crippen LogP contribution in [0.1, 0.15) is 17.5 Å². The van der Waals surface area contributed by atoms with Crippen molar-refractivity contribution in [3.8, 4) is 5.75 Å². The largest absolute Gasteiger partial charge is 0.482 e. The van der Waals surface area contributed by atoms with Crippen LogP contribution in [0.4, 0.5) is 11.4 Å². The molecule has 1 N–H and O–H groups in total. The summed E-state index contributed by atoms with van der Waals surface area (Å²) in [5.74, 6) is -0.246. The minimum absolute atomic E-state index is 0.00957. The molecule has 0 fully saturated rings. The van der Waals surface area contributed by atoms with Crippen molar-refractivity contribution in [2.45, 2.75) is 6.92 Å². The normalized spacial score (nSPS) is 13.2. The van der Waals surface area contributed by atoms with Crippen molar-refractivity contribution < 1.29 is 18.7 Å². The maximum Gasteiger partial charge on any atom is 0.291 e. The number of nitrogens with zero attached hydrogens (tertiary/aromatic N) is 1. The summed E-state index contributed by atoms with van der Waals surface area (Å²) in [7, 11) is 0. The molecular weight excluding hydrogens is 428 g/mol. The molecule has 0 radical (unpaired) electrons. The number of nitrogens with one attached hydrogen (secondary N) is 1. The van der Waals surface area contributed by atoms with Gasteiger partial charge in [-0.3, -0.25) is 14.4 Å². The Labute approximate surface area is 168 Å². The van der Waals surface area contributed by atoms with Crippen LogP contribution in [0.2, 0.25) is 0 Å². The van der Waals surface area contributed by atoms with Crippen molar-refractivity contribution in [2.24, 2.45) is 0 Å². The highest BCUT2D eigenvalue weighted by atomic mass is 79.9. The number of carbonyl (C=O) groups excluding carboxylic acids is 2. The van der Waals surface area contributed by atoms with Gasteiger partial charge in [-0.05, 0) is 43.3 Å². The fourth-order valence-corrected chi connectivity index (χ4v) is 3.40. The van der Waals surface area contributed by atoms with Crippen LogP contribution < -0.4 is 20.4 Å². The molecule has 0 atom stereocenters. The van der Waals surface area contributed by atoms with Crippen molar-refractivity contribution >= 4 is 50.1 Å². The standard InChI is InChI=1S/C20H15BrN2O5/c1-2-23-14-8-12(4-6-16(14)27-10-19(23)25)22-20(26)18-9-15(24)13-5-3-11(21)7-17(13)28-18/h3-9H,2,10H2,1H3,(H,22,26). The highest BCUT2D eigenvalue weighted by Crippen LogP contribution is 2.34. The van der Waals surface area contributed by atoms with Crippen LogP contribution in [0.25, 0.3) is 11.0 Å². The predicted octanol–water partition coefficient (Wildman–Crippen LogP) is 3.55. The highest BCUT2D eigenvalue weighted by Gasteiger charge is 2.24. The fraction of sp³-hybridized carbons (Fsp3) is 0.150. The lowest BCUT2D eigenvalue weighted by atomic mass is 10.2. The van der Waals surface area contributed by atoms with E-state index in [1.807, 2.05) is 6.92 Å². The molecule has 0 spiro atoms. The molecule has 142 valence electrons. The van der Waals surface area contributed by atoms with Crippen LogP contribution in [0.15, 0.2) is 56.1 Å². The van der Waals surface area contributed by atoms with Gasteiger partial charge in [-0.25, -0.2) is 0 Å². The summed E-state index contributed by atoms with van der Waals surface area (Å²) in [4.78, 5) is 38.5. The minimum atomic E-state index is -0.565. The predicted molar refractivity (Wildman–Crippen MR) is 108 cm³/mol. The molecule has 7 nitrogen and oxygen atoms in total. The Hall–Kier alpha value is -3.13. The van der Waals surface area contributed by atoms with E-state index >= 15 is 0 Å². The van der Waals surface area contributed by atoms with E-state index in [4.69, 9.17) is 9.15 Å². The summed E-state index contributed by atoms with van der Waals surface area (Å²) in [5, 5.41) is 3.09. The van der Waals surface area contributed by atoms with Gasteiger partial charge in [0.2, 0.25) is 0 Å². The maximum absolute atomic E-state index is 12.6. The van der Waals surface area contributed by atoms with E-state index in [0.29, 0.717) is 34.6 Å². The Morgan fingerprint density at radius 3 is 2.79 bits per heavy atom. The van der Waals surface area contributed by atoms with Crippen molar-refractivity contribution in [1.82, 2.24) is 0 Å². The molecule has 1 aliphatic rings. The fourth-order valence-electron chi connectivity index (χ4n) is 3.06. The number of fused-ring (bicyclic) bond motifs is 2. The van der Waals surface area contributed by atoms with E-state index in [0.717, 1.165) is 10.5 Å². The Morgan fingerprint density at radius 1 is 1.18 bits per heavy atom. The summed E-state index contributed by atoms with van der Waals surface area (Å²) in [6.45, 7) is 2.34. The Balaban J connectivity index is 1.66. The van der Waals surface area contributed by atoms with Gasteiger partial charge in [-0.15, -0.1) is 0 Å². The number of likely N-dealkylation sites (N-methyl/N-ethyl adjacent to an activating group) is 1. The van der Waals surface area contributed by atoms with Crippen LogP contribution in [0.5, 0.6) is 5.75 Å². The number of anilines is 2. The summed E-state index contributed by atoms with van der Waals surface area (Å²) in [6.07, 6.45) is 0. The maximum atomic E-state index is 12.6. The number of rotatable bonds is 3. The van der Waals surface area contributed by atoms with Crippen LogP contribution in [-0.2, 0) is 4.79 Å². The van der Waals surface area contributed by atoms with Gasteiger partial charge in [-0.2, -0.15) is 0 Å². The lowest BCUT2D eigenvalue weighted by molar-refractivity contribution is -0.121. The average molecular weight is 443 g/mol. The van der Waals surface area contributed by atoms with E-state index in [1.54, 1.807) is 41.3 Å². The summed E-state index contributed by atoms with van der Waals surface area (Å²) in [5.41, 5.74) is 1.05. The van der Waals surface area contributed by atoms with Gasteiger partial charge in [0.15, 0.2) is 17.8 Å². The number of amides is 2. The summed E-state index contributed by atoms with van der Waals surface area (Å²) < 4.78 is 11.8. The Kier molecular flexibility index (Phi) is 4.64. The molecular formula is C20H15BrN2O5. The first kappa shape index (κ1) is 18.2. The zero-order valence-corrected chi connectivity index (χ0v) is 16.4. The number of halogens is 1. The third-order valence-electron chi connectivity index (χ3n) is 4.39. The first-order chi connectivity index (χ1) is 13.5. The smallest absolute Gasteiger partial charge is 0.291 e. The topological polar surface area (TPSA) is 88.9 Å². The molecule has 2 amide bonds. The van der Waals surface area contributed by atoms with Gasteiger partial charge >= 0.3 is 0 Å².